The lowest BCUT2D eigenvalue weighted by atomic mass is 10.1. The van der Waals surface area contributed by atoms with Crippen LogP contribution in [-0.2, 0) is 25.2 Å². The van der Waals surface area contributed by atoms with Gasteiger partial charge in [0.05, 0.1) is 24.8 Å². The fourth-order valence-electron chi connectivity index (χ4n) is 2.13. The molecule has 1 aromatic rings. The van der Waals surface area contributed by atoms with Gasteiger partial charge in [-0.3, -0.25) is 19.6 Å². The molecule has 0 aromatic carbocycles. The maximum absolute atomic E-state index is 11.6. The Balaban J connectivity index is 2.28. The highest BCUT2D eigenvalue weighted by molar-refractivity contribution is 7.99. The third-order valence-electron chi connectivity index (χ3n) is 3.28. The fourth-order valence-corrected chi connectivity index (χ4v) is 3.74. The van der Waals surface area contributed by atoms with E-state index in [0.717, 1.165) is 0 Å². The average molecular weight is 364 g/mol. The number of aromatic nitrogens is 1. The van der Waals surface area contributed by atoms with Crippen molar-refractivity contribution in [3.63, 3.8) is 0 Å². The van der Waals surface area contributed by atoms with Gasteiger partial charge in [0.2, 0.25) is 0 Å². The second-order valence-electron chi connectivity index (χ2n) is 4.85. The Kier molecular flexibility index (Phi) is 5.66. The molecule has 0 bridgehead atoms. The maximum atomic E-state index is 11.6. The van der Waals surface area contributed by atoms with Crippen molar-refractivity contribution in [2.24, 2.45) is 0 Å². The van der Waals surface area contributed by atoms with Crippen molar-refractivity contribution < 1.29 is 33.5 Å². The van der Waals surface area contributed by atoms with Crippen LogP contribution >= 0.6 is 19.6 Å². The number of rotatable bonds is 5. The van der Waals surface area contributed by atoms with Gasteiger partial charge in [-0.05, 0) is 6.92 Å². The Hall–Kier alpha value is -1.16. The number of aryl methyl sites for hydroxylation is 1. The summed E-state index contributed by atoms with van der Waals surface area (Å²) in [6, 6.07) is -0.529. The normalized spacial score (nSPS) is 21.4. The molecule has 0 radical (unpaired) electrons. The summed E-state index contributed by atoms with van der Waals surface area (Å²) >= 11 is 1.37. The van der Waals surface area contributed by atoms with Crippen LogP contribution < -0.4 is 5.32 Å². The molecule has 1 fully saturated rings. The molecule has 0 unspecified atom stereocenters. The molecule has 23 heavy (non-hydrogen) atoms. The lowest BCUT2D eigenvalue weighted by molar-refractivity contribution is -0.142. The van der Waals surface area contributed by atoms with Gasteiger partial charge in [-0.25, -0.2) is 4.57 Å². The largest absolute Gasteiger partial charge is 0.506 e. The lowest BCUT2D eigenvalue weighted by Gasteiger charge is -2.19. The lowest BCUT2D eigenvalue weighted by Crippen LogP contribution is -2.35. The first-order valence-corrected chi connectivity index (χ1v) is 9.13. The van der Waals surface area contributed by atoms with E-state index in [-0.39, 0.29) is 5.75 Å². The molecule has 1 saturated heterocycles. The Morgan fingerprint density at radius 1 is 1.57 bits per heavy atom. The van der Waals surface area contributed by atoms with E-state index >= 15 is 0 Å². The quantitative estimate of drug-likeness (QED) is 0.433. The van der Waals surface area contributed by atoms with Gasteiger partial charge in [-0.15, -0.1) is 11.8 Å². The number of carbonyl (C=O) groups excluding carboxylic acids is 1. The molecule has 11 heteroatoms. The van der Waals surface area contributed by atoms with E-state index < -0.39 is 31.8 Å². The van der Waals surface area contributed by atoms with Crippen LogP contribution in [0.4, 0.5) is 0 Å². The van der Waals surface area contributed by atoms with Gasteiger partial charge in [0.15, 0.2) is 0 Å². The molecule has 0 saturated carbocycles. The summed E-state index contributed by atoms with van der Waals surface area (Å²) in [7, 11) is -3.37. The molecule has 0 aliphatic carbocycles. The predicted molar refractivity (Wildman–Crippen MR) is 81.6 cm³/mol. The molecule has 0 amide bonds. The number of methoxy groups -OCH3 is 1. The van der Waals surface area contributed by atoms with Gasteiger partial charge in [0, 0.05) is 23.1 Å². The van der Waals surface area contributed by atoms with E-state index in [1.165, 1.54) is 25.1 Å². The maximum Gasteiger partial charge on any atom is 0.469 e. The van der Waals surface area contributed by atoms with E-state index in [0.29, 0.717) is 22.6 Å². The first-order valence-electron chi connectivity index (χ1n) is 6.56. The van der Waals surface area contributed by atoms with E-state index in [2.05, 4.69) is 19.6 Å². The van der Waals surface area contributed by atoms with Gasteiger partial charge in [0.25, 0.3) is 0 Å². The molecule has 1 aliphatic rings. The molecule has 128 valence electrons. The van der Waals surface area contributed by atoms with Crippen LogP contribution in [0, 0.1) is 6.92 Å². The van der Waals surface area contributed by atoms with E-state index in [9.17, 15) is 14.5 Å². The number of pyridine rings is 1. The van der Waals surface area contributed by atoms with Crippen molar-refractivity contribution in [2.45, 2.75) is 24.9 Å². The number of aromatic hydroxyl groups is 1. The topological polar surface area (TPSA) is 138 Å². The number of phosphoric acid groups is 1. The van der Waals surface area contributed by atoms with Crippen molar-refractivity contribution >= 4 is 25.6 Å². The second kappa shape index (κ2) is 7.16. The minimum atomic E-state index is -4.65. The molecule has 0 spiro atoms. The van der Waals surface area contributed by atoms with E-state index in [1.807, 2.05) is 0 Å². The van der Waals surface area contributed by atoms with E-state index in [4.69, 9.17) is 9.79 Å². The summed E-state index contributed by atoms with van der Waals surface area (Å²) in [6.07, 6.45) is 1.38. The van der Waals surface area contributed by atoms with Gasteiger partial charge < -0.3 is 19.6 Å². The van der Waals surface area contributed by atoms with Crippen molar-refractivity contribution in [3.8, 4) is 5.75 Å². The molecule has 1 aliphatic heterocycles. The van der Waals surface area contributed by atoms with Crippen molar-refractivity contribution in [2.75, 3.05) is 12.9 Å². The number of thioether (sulfide) groups is 1. The number of nitrogens with one attached hydrogen (secondary N) is 1. The van der Waals surface area contributed by atoms with Crippen LogP contribution in [0.25, 0.3) is 0 Å². The number of hydrogen-bond acceptors (Lipinski definition) is 8. The van der Waals surface area contributed by atoms with E-state index in [1.54, 1.807) is 6.92 Å². The minimum absolute atomic E-state index is 0.104. The zero-order valence-corrected chi connectivity index (χ0v) is 14.1. The smallest absolute Gasteiger partial charge is 0.469 e. The summed E-state index contributed by atoms with van der Waals surface area (Å²) in [4.78, 5) is 33.2. The van der Waals surface area contributed by atoms with Gasteiger partial charge in [-0.2, -0.15) is 0 Å². The zero-order chi connectivity index (χ0) is 17.2. The Morgan fingerprint density at radius 2 is 2.26 bits per heavy atom. The minimum Gasteiger partial charge on any atom is -0.506 e. The number of nitrogens with zero attached hydrogens (tertiary/aromatic N) is 1. The second-order valence-corrected chi connectivity index (χ2v) is 7.23. The van der Waals surface area contributed by atoms with Crippen LogP contribution in [0.1, 0.15) is 22.2 Å². The first kappa shape index (κ1) is 18.2. The highest BCUT2D eigenvalue weighted by Crippen LogP contribution is 2.43. The highest BCUT2D eigenvalue weighted by Gasteiger charge is 2.34. The van der Waals surface area contributed by atoms with Crippen LogP contribution in [0.5, 0.6) is 5.75 Å². The van der Waals surface area contributed by atoms with Crippen LogP contribution in [-0.4, -0.2) is 44.8 Å². The Morgan fingerprint density at radius 3 is 2.87 bits per heavy atom. The number of carbonyl (C=O) groups is 1. The third-order valence-corrected chi connectivity index (χ3v) is 4.97. The molecular weight excluding hydrogens is 347 g/mol. The van der Waals surface area contributed by atoms with Crippen LogP contribution in [0.2, 0.25) is 0 Å². The predicted octanol–water partition coefficient (Wildman–Crippen LogP) is 0.582. The number of hydrogen-bond donors (Lipinski definition) is 4. The summed E-state index contributed by atoms with van der Waals surface area (Å²) in [5, 5.41) is 12.8. The van der Waals surface area contributed by atoms with Gasteiger partial charge in [-0.1, -0.05) is 0 Å². The fraction of sp³-hybridized carbons (Fsp3) is 0.500. The SMILES string of the molecule is COC(=O)[C@@H]1CS[C@@H](c2c(COP(=O)(O)O)cnc(C)c2O)N1. The molecule has 9 nitrogen and oxygen atoms in total. The molecule has 2 heterocycles. The van der Waals surface area contributed by atoms with Crippen molar-refractivity contribution in [1.29, 1.82) is 0 Å². The summed E-state index contributed by atoms with van der Waals surface area (Å²) in [5.74, 6) is -0.0812. The third kappa shape index (κ3) is 4.43. The van der Waals surface area contributed by atoms with Gasteiger partial charge >= 0.3 is 13.8 Å². The Bertz CT molecular complexity index is 651. The number of phosphoric ester groups is 1. The number of ether oxygens (including phenoxy) is 1. The van der Waals surface area contributed by atoms with Crippen LogP contribution in [0.3, 0.4) is 0 Å². The molecular formula is C12H17N2O7PS. The van der Waals surface area contributed by atoms with Crippen molar-refractivity contribution in [1.82, 2.24) is 10.3 Å². The highest BCUT2D eigenvalue weighted by atomic mass is 32.2. The van der Waals surface area contributed by atoms with Crippen LogP contribution in [0.15, 0.2) is 6.20 Å². The van der Waals surface area contributed by atoms with Crippen molar-refractivity contribution in [3.05, 3.63) is 23.0 Å². The van der Waals surface area contributed by atoms with Gasteiger partial charge in [0.1, 0.15) is 11.8 Å². The number of esters is 1. The summed E-state index contributed by atoms with van der Waals surface area (Å²) < 4.78 is 20.0. The molecule has 4 N–H and O–H groups in total. The average Bonchev–Trinajstić information content (AvgIpc) is 2.96. The standard InChI is InChI=1S/C12H17N2O7PS/c1-6-10(15)9(7(3-13-6)4-21-22(17,18)19)11-14-8(5-23-11)12(16)20-2/h3,8,11,14-15H,4-5H2,1-2H3,(H2,17,18,19)/t8-,11-/m0/s1. The molecule has 1 aromatic heterocycles. The summed E-state index contributed by atoms with van der Waals surface area (Å²) in [5.41, 5.74) is 1.08. The monoisotopic (exact) mass is 364 g/mol. The molecule has 2 atom stereocenters. The molecule has 2 rings (SSSR count). The first-order chi connectivity index (χ1) is 10.7. The zero-order valence-electron chi connectivity index (χ0n) is 12.4. The summed E-state index contributed by atoms with van der Waals surface area (Å²) in [6.45, 7) is 1.19. The Labute approximate surface area is 136 Å².